The summed E-state index contributed by atoms with van der Waals surface area (Å²) in [5, 5.41) is 6.45. The molecule has 1 saturated carbocycles. The van der Waals surface area contributed by atoms with E-state index >= 15 is 0 Å². The first-order valence-electron chi connectivity index (χ1n) is 6.09. The highest BCUT2D eigenvalue weighted by molar-refractivity contribution is 7.13. The Balaban J connectivity index is 1.89. The van der Waals surface area contributed by atoms with Gasteiger partial charge in [-0.15, -0.1) is 11.3 Å². The summed E-state index contributed by atoms with van der Waals surface area (Å²) in [6, 6.07) is 0. The quantitative estimate of drug-likeness (QED) is 0.855. The first kappa shape index (κ1) is 11.9. The van der Waals surface area contributed by atoms with Crippen LogP contribution in [0.25, 0.3) is 0 Å². The number of nitrogens with zero attached hydrogens (tertiary/aromatic N) is 2. The van der Waals surface area contributed by atoms with Crippen LogP contribution in [0.15, 0.2) is 5.38 Å². The molecule has 0 aliphatic heterocycles. The average molecular weight is 239 g/mol. The fourth-order valence-electron chi connectivity index (χ4n) is 2.39. The molecule has 0 amide bonds. The van der Waals surface area contributed by atoms with Crippen molar-refractivity contribution < 1.29 is 0 Å². The third-order valence-electron chi connectivity index (χ3n) is 3.23. The van der Waals surface area contributed by atoms with Gasteiger partial charge >= 0.3 is 0 Å². The Morgan fingerprint density at radius 2 is 2.25 bits per heavy atom. The molecule has 0 aromatic carbocycles. The Morgan fingerprint density at radius 1 is 1.50 bits per heavy atom. The lowest BCUT2D eigenvalue weighted by molar-refractivity contribution is 0.546. The zero-order valence-corrected chi connectivity index (χ0v) is 11.0. The van der Waals surface area contributed by atoms with Gasteiger partial charge in [0.2, 0.25) is 0 Å². The SMILES string of the molecule is CNCc1csc(N(C)CC2CCCC2)n1. The largest absolute Gasteiger partial charge is 0.351 e. The van der Waals surface area contributed by atoms with E-state index < -0.39 is 0 Å². The molecule has 2 rings (SSSR count). The van der Waals surface area contributed by atoms with Gasteiger partial charge < -0.3 is 10.2 Å². The molecule has 90 valence electrons. The van der Waals surface area contributed by atoms with Gasteiger partial charge in [-0.3, -0.25) is 0 Å². The van der Waals surface area contributed by atoms with E-state index in [1.165, 1.54) is 32.2 Å². The van der Waals surface area contributed by atoms with E-state index in [0.29, 0.717) is 0 Å². The van der Waals surface area contributed by atoms with Gasteiger partial charge in [0, 0.05) is 25.5 Å². The van der Waals surface area contributed by atoms with E-state index in [1.807, 2.05) is 7.05 Å². The number of anilines is 1. The van der Waals surface area contributed by atoms with Crippen molar-refractivity contribution in [2.24, 2.45) is 5.92 Å². The maximum atomic E-state index is 4.62. The second-order valence-electron chi connectivity index (χ2n) is 4.68. The van der Waals surface area contributed by atoms with Crippen LogP contribution >= 0.6 is 11.3 Å². The Kier molecular flexibility index (Phi) is 4.18. The fraction of sp³-hybridized carbons (Fsp3) is 0.750. The highest BCUT2D eigenvalue weighted by atomic mass is 32.1. The van der Waals surface area contributed by atoms with Crippen molar-refractivity contribution in [3.05, 3.63) is 11.1 Å². The van der Waals surface area contributed by atoms with Gasteiger partial charge in [-0.1, -0.05) is 12.8 Å². The van der Waals surface area contributed by atoms with E-state index in [-0.39, 0.29) is 0 Å². The number of hydrogen-bond donors (Lipinski definition) is 1. The van der Waals surface area contributed by atoms with Crippen LogP contribution < -0.4 is 10.2 Å². The summed E-state index contributed by atoms with van der Waals surface area (Å²) in [4.78, 5) is 6.94. The van der Waals surface area contributed by atoms with E-state index in [4.69, 9.17) is 0 Å². The van der Waals surface area contributed by atoms with E-state index in [2.05, 4.69) is 27.6 Å². The lowest BCUT2D eigenvalue weighted by Gasteiger charge is -2.19. The van der Waals surface area contributed by atoms with Gasteiger partial charge in [-0.25, -0.2) is 4.98 Å². The molecule has 1 fully saturated rings. The summed E-state index contributed by atoms with van der Waals surface area (Å²) in [6.45, 7) is 2.04. The van der Waals surface area contributed by atoms with Crippen LogP contribution in [-0.2, 0) is 6.54 Å². The predicted molar refractivity (Wildman–Crippen MR) is 70.1 cm³/mol. The van der Waals surface area contributed by atoms with Crippen molar-refractivity contribution in [2.75, 3.05) is 25.5 Å². The van der Waals surface area contributed by atoms with Crippen LogP contribution in [0, 0.1) is 5.92 Å². The lowest BCUT2D eigenvalue weighted by Crippen LogP contribution is -2.23. The maximum absolute atomic E-state index is 4.62. The summed E-state index contributed by atoms with van der Waals surface area (Å²) >= 11 is 1.76. The molecule has 0 unspecified atom stereocenters. The van der Waals surface area contributed by atoms with E-state index in [9.17, 15) is 0 Å². The molecule has 1 aromatic heterocycles. The minimum Gasteiger partial charge on any atom is -0.351 e. The number of nitrogens with one attached hydrogen (secondary N) is 1. The molecule has 0 atom stereocenters. The second kappa shape index (κ2) is 5.64. The molecule has 1 aromatic rings. The Labute approximate surface area is 102 Å². The van der Waals surface area contributed by atoms with Gasteiger partial charge in [0.25, 0.3) is 0 Å². The molecule has 1 aliphatic rings. The molecule has 1 N–H and O–H groups in total. The van der Waals surface area contributed by atoms with Gasteiger partial charge in [0.15, 0.2) is 5.13 Å². The van der Waals surface area contributed by atoms with Crippen molar-refractivity contribution in [1.82, 2.24) is 10.3 Å². The maximum Gasteiger partial charge on any atom is 0.185 e. The minimum absolute atomic E-state index is 0.869. The van der Waals surface area contributed by atoms with Crippen LogP contribution in [0.3, 0.4) is 0 Å². The first-order chi connectivity index (χ1) is 7.79. The average Bonchev–Trinajstić information content (AvgIpc) is 2.89. The Morgan fingerprint density at radius 3 is 2.94 bits per heavy atom. The standard InChI is InChI=1S/C12H21N3S/c1-13-7-11-9-16-12(14-11)15(2)8-10-5-3-4-6-10/h9-10,13H,3-8H2,1-2H3. The molecule has 0 spiro atoms. The predicted octanol–water partition coefficient (Wildman–Crippen LogP) is 2.49. The third kappa shape index (κ3) is 2.95. The molecule has 3 nitrogen and oxygen atoms in total. The van der Waals surface area contributed by atoms with Crippen LogP contribution in [-0.4, -0.2) is 25.6 Å². The number of rotatable bonds is 5. The smallest absolute Gasteiger partial charge is 0.185 e. The van der Waals surface area contributed by atoms with Gasteiger partial charge in [0.05, 0.1) is 5.69 Å². The summed E-state index contributed by atoms with van der Waals surface area (Å²) in [5.41, 5.74) is 1.15. The summed E-state index contributed by atoms with van der Waals surface area (Å²) in [7, 11) is 4.13. The lowest BCUT2D eigenvalue weighted by atomic mass is 10.1. The van der Waals surface area contributed by atoms with Crippen molar-refractivity contribution in [2.45, 2.75) is 32.2 Å². The van der Waals surface area contributed by atoms with Crippen molar-refractivity contribution in [3.63, 3.8) is 0 Å². The highest BCUT2D eigenvalue weighted by Gasteiger charge is 2.18. The summed E-state index contributed by atoms with van der Waals surface area (Å²) in [5.74, 6) is 0.890. The monoisotopic (exact) mass is 239 g/mol. The van der Waals surface area contributed by atoms with Gasteiger partial charge in [-0.2, -0.15) is 0 Å². The molecule has 0 radical (unpaired) electrons. The van der Waals surface area contributed by atoms with Gasteiger partial charge in [0.1, 0.15) is 0 Å². The summed E-state index contributed by atoms with van der Waals surface area (Å²) in [6.07, 6.45) is 5.64. The first-order valence-corrected chi connectivity index (χ1v) is 6.97. The molecule has 0 saturated heterocycles. The van der Waals surface area contributed by atoms with Crippen LogP contribution in [0.4, 0.5) is 5.13 Å². The molecule has 1 heterocycles. The number of aromatic nitrogens is 1. The van der Waals surface area contributed by atoms with Crippen molar-refractivity contribution in [3.8, 4) is 0 Å². The topological polar surface area (TPSA) is 28.2 Å². The highest BCUT2D eigenvalue weighted by Crippen LogP contribution is 2.27. The second-order valence-corrected chi connectivity index (χ2v) is 5.52. The third-order valence-corrected chi connectivity index (χ3v) is 4.23. The van der Waals surface area contributed by atoms with Crippen molar-refractivity contribution in [1.29, 1.82) is 0 Å². The minimum atomic E-state index is 0.869. The molecule has 16 heavy (non-hydrogen) atoms. The van der Waals surface area contributed by atoms with E-state index in [1.54, 1.807) is 11.3 Å². The zero-order valence-electron chi connectivity index (χ0n) is 10.2. The molecular formula is C12H21N3S. The van der Waals surface area contributed by atoms with Crippen molar-refractivity contribution >= 4 is 16.5 Å². The molecule has 4 heteroatoms. The molecular weight excluding hydrogens is 218 g/mol. The number of thiazole rings is 1. The fourth-order valence-corrected chi connectivity index (χ4v) is 3.19. The molecule has 0 bridgehead atoms. The van der Waals surface area contributed by atoms with Crippen LogP contribution in [0.2, 0.25) is 0 Å². The summed E-state index contributed by atoms with van der Waals surface area (Å²) < 4.78 is 0. The van der Waals surface area contributed by atoms with Crippen LogP contribution in [0.1, 0.15) is 31.4 Å². The van der Waals surface area contributed by atoms with Gasteiger partial charge in [-0.05, 0) is 25.8 Å². The zero-order chi connectivity index (χ0) is 11.4. The number of hydrogen-bond acceptors (Lipinski definition) is 4. The normalized spacial score (nSPS) is 16.9. The van der Waals surface area contributed by atoms with Crippen LogP contribution in [0.5, 0.6) is 0 Å². The molecule has 1 aliphatic carbocycles. The Hall–Kier alpha value is -0.610. The Bertz CT molecular complexity index is 318. The van der Waals surface area contributed by atoms with E-state index in [0.717, 1.165) is 23.3 Å².